The van der Waals surface area contributed by atoms with Gasteiger partial charge in [0.05, 0.1) is 6.54 Å². The minimum atomic E-state index is 0.275. The van der Waals surface area contributed by atoms with Crippen molar-refractivity contribution in [3.63, 3.8) is 0 Å². The standard InChI is InChI=1S/C21H38N6O/c1-23(2)14-15-26-13-9-22-21(26)18-6-5-10-27(16-18)20(28)17-25(4)19-7-11-24(3)12-8-19/h9,13,18-19H,5-8,10-12,14-17H2,1-4H3/t18-/m0/s1. The topological polar surface area (TPSA) is 47.9 Å². The normalized spacial score (nSPS) is 22.4. The van der Waals surface area contributed by atoms with E-state index in [2.05, 4.69) is 63.5 Å². The molecule has 2 saturated heterocycles. The Hall–Kier alpha value is -1.44. The number of carbonyl (C=O) groups excluding carboxylic acids is 1. The van der Waals surface area contributed by atoms with Crippen LogP contribution in [-0.2, 0) is 11.3 Å². The zero-order valence-electron chi connectivity index (χ0n) is 18.2. The molecular formula is C21H38N6O. The molecule has 158 valence electrons. The predicted octanol–water partition coefficient (Wildman–Crippen LogP) is 1.18. The fourth-order valence-corrected chi connectivity index (χ4v) is 4.47. The second kappa shape index (κ2) is 9.85. The van der Waals surface area contributed by atoms with Crippen LogP contribution in [0.25, 0.3) is 0 Å². The highest BCUT2D eigenvalue weighted by atomic mass is 16.2. The average Bonchev–Trinajstić information content (AvgIpc) is 3.15. The van der Waals surface area contributed by atoms with E-state index in [0.717, 1.165) is 70.8 Å². The maximum absolute atomic E-state index is 13.0. The number of carbonyl (C=O) groups is 1. The number of piperidine rings is 2. The molecule has 0 bridgehead atoms. The number of likely N-dealkylation sites (N-methyl/N-ethyl adjacent to an activating group) is 2. The fourth-order valence-electron chi connectivity index (χ4n) is 4.47. The zero-order valence-corrected chi connectivity index (χ0v) is 18.2. The van der Waals surface area contributed by atoms with Gasteiger partial charge in [0, 0.05) is 50.5 Å². The molecule has 3 rings (SSSR count). The summed E-state index contributed by atoms with van der Waals surface area (Å²) in [5, 5.41) is 0. The summed E-state index contributed by atoms with van der Waals surface area (Å²) in [5.41, 5.74) is 0. The molecule has 1 aromatic heterocycles. The molecule has 28 heavy (non-hydrogen) atoms. The van der Waals surface area contributed by atoms with Crippen molar-refractivity contribution in [3.8, 4) is 0 Å². The van der Waals surface area contributed by atoms with E-state index in [4.69, 9.17) is 0 Å². The van der Waals surface area contributed by atoms with Gasteiger partial charge in [-0.1, -0.05) is 0 Å². The third-order valence-corrected chi connectivity index (χ3v) is 6.37. The molecule has 7 heteroatoms. The van der Waals surface area contributed by atoms with Crippen LogP contribution in [0.3, 0.4) is 0 Å². The number of imidazole rings is 1. The van der Waals surface area contributed by atoms with Crippen LogP contribution in [-0.4, -0.2) is 109 Å². The number of hydrogen-bond donors (Lipinski definition) is 0. The first kappa shape index (κ1) is 21.3. The van der Waals surface area contributed by atoms with Crippen molar-refractivity contribution in [1.82, 2.24) is 29.2 Å². The number of aromatic nitrogens is 2. The SMILES string of the molecule is CN(C)CCn1ccnc1[C@H]1CCCN(C(=O)CN(C)C2CCN(C)CC2)C1. The minimum Gasteiger partial charge on any atom is -0.341 e. The molecule has 2 aliphatic heterocycles. The van der Waals surface area contributed by atoms with E-state index >= 15 is 0 Å². The van der Waals surface area contributed by atoms with Crippen LogP contribution in [0.5, 0.6) is 0 Å². The first-order chi connectivity index (χ1) is 13.4. The van der Waals surface area contributed by atoms with Gasteiger partial charge >= 0.3 is 0 Å². The Bertz CT molecular complexity index is 622. The molecule has 1 aromatic rings. The van der Waals surface area contributed by atoms with Gasteiger partial charge in [0.15, 0.2) is 0 Å². The van der Waals surface area contributed by atoms with Gasteiger partial charge in [-0.15, -0.1) is 0 Å². The van der Waals surface area contributed by atoms with Gasteiger partial charge < -0.3 is 19.3 Å². The molecule has 2 aliphatic rings. The highest BCUT2D eigenvalue weighted by molar-refractivity contribution is 5.78. The van der Waals surface area contributed by atoms with Gasteiger partial charge in [-0.05, 0) is 67.0 Å². The maximum atomic E-state index is 13.0. The Balaban J connectivity index is 1.54. The maximum Gasteiger partial charge on any atom is 0.236 e. The summed E-state index contributed by atoms with van der Waals surface area (Å²) in [6.07, 6.45) is 8.48. The molecule has 7 nitrogen and oxygen atoms in total. The third kappa shape index (κ3) is 5.55. The van der Waals surface area contributed by atoms with E-state index in [-0.39, 0.29) is 5.91 Å². The summed E-state index contributed by atoms with van der Waals surface area (Å²) in [6.45, 7) is 6.44. The van der Waals surface area contributed by atoms with E-state index in [1.807, 2.05) is 6.20 Å². The van der Waals surface area contributed by atoms with Crippen LogP contribution in [0.1, 0.15) is 37.4 Å². The molecule has 0 spiro atoms. The number of amides is 1. The molecule has 0 N–H and O–H groups in total. The van der Waals surface area contributed by atoms with Crippen LogP contribution in [0.4, 0.5) is 0 Å². The van der Waals surface area contributed by atoms with Gasteiger partial charge in [-0.3, -0.25) is 9.69 Å². The number of rotatable bonds is 7. The summed E-state index contributed by atoms with van der Waals surface area (Å²) in [7, 11) is 8.48. The van der Waals surface area contributed by atoms with Crippen LogP contribution < -0.4 is 0 Å². The average molecular weight is 391 g/mol. The Kier molecular flexibility index (Phi) is 7.48. The predicted molar refractivity (Wildman–Crippen MR) is 112 cm³/mol. The Morgan fingerprint density at radius 3 is 2.64 bits per heavy atom. The van der Waals surface area contributed by atoms with Gasteiger partial charge in [-0.2, -0.15) is 0 Å². The summed E-state index contributed by atoms with van der Waals surface area (Å²) in [4.78, 5) is 26.5. The summed E-state index contributed by atoms with van der Waals surface area (Å²) in [5.74, 6) is 1.77. The molecule has 3 heterocycles. The van der Waals surface area contributed by atoms with Gasteiger partial charge in [0.25, 0.3) is 0 Å². The number of likely N-dealkylation sites (tertiary alicyclic amines) is 2. The lowest BCUT2D eigenvalue weighted by molar-refractivity contribution is -0.134. The Morgan fingerprint density at radius 1 is 1.18 bits per heavy atom. The van der Waals surface area contributed by atoms with E-state index in [9.17, 15) is 4.79 Å². The van der Waals surface area contributed by atoms with E-state index < -0.39 is 0 Å². The van der Waals surface area contributed by atoms with Crippen molar-refractivity contribution in [1.29, 1.82) is 0 Å². The van der Waals surface area contributed by atoms with Crippen molar-refractivity contribution >= 4 is 5.91 Å². The summed E-state index contributed by atoms with van der Waals surface area (Å²) in [6, 6.07) is 0.533. The van der Waals surface area contributed by atoms with Crippen molar-refractivity contribution in [2.45, 2.75) is 44.2 Å². The third-order valence-electron chi connectivity index (χ3n) is 6.37. The first-order valence-electron chi connectivity index (χ1n) is 10.8. The molecule has 1 amide bonds. The van der Waals surface area contributed by atoms with Crippen molar-refractivity contribution in [2.24, 2.45) is 0 Å². The molecule has 0 saturated carbocycles. The lowest BCUT2D eigenvalue weighted by Crippen LogP contribution is -2.48. The monoisotopic (exact) mass is 390 g/mol. The Labute approximate surface area is 170 Å². The molecule has 0 aliphatic carbocycles. The van der Waals surface area contributed by atoms with E-state index in [1.165, 1.54) is 0 Å². The molecule has 1 atom stereocenters. The lowest BCUT2D eigenvalue weighted by atomic mass is 9.97. The molecule has 0 unspecified atom stereocenters. The second-order valence-corrected chi connectivity index (χ2v) is 8.91. The Morgan fingerprint density at radius 2 is 1.93 bits per heavy atom. The van der Waals surface area contributed by atoms with Gasteiger partial charge in [0.2, 0.25) is 5.91 Å². The fraction of sp³-hybridized carbons (Fsp3) is 0.810. The van der Waals surface area contributed by atoms with Crippen LogP contribution in [0, 0.1) is 0 Å². The highest BCUT2D eigenvalue weighted by Crippen LogP contribution is 2.26. The smallest absolute Gasteiger partial charge is 0.236 e. The largest absolute Gasteiger partial charge is 0.341 e. The van der Waals surface area contributed by atoms with Gasteiger partial charge in [0.1, 0.15) is 5.82 Å². The highest BCUT2D eigenvalue weighted by Gasteiger charge is 2.29. The molecule has 0 aromatic carbocycles. The van der Waals surface area contributed by atoms with Crippen molar-refractivity contribution in [2.75, 3.05) is 67.5 Å². The lowest BCUT2D eigenvalue weighted by Gasteiger charge is -2.37. The van der Waals surface area contributed by atoms with Crippen molar-refractivity contribution in [3.05, 3.63) is 18.2 Å². The second-order valence-electron chi connectivity index (χ2n) is 8.91. The quantitative estimate of drug-likeness (QED) is 0.700. The van der Waals surface area contributed by atoms with E-state index in [1.54, 1.807) is 0 Å². The van der Waals surface area contributed by atoms with Crippen LogP contribution in [0.2, 0.25) is 0 Å². The first-order valence-corrected chi connectivity index (χ1v) is 10.8. The van der Waals surface area contributed by atoms with E-state index in [0.29, 0.717) is 18.5 Å². The summed E-state index contributed by atoms with van der Waals surface area (Å²) < 4.78 is 2.27. The molecule has 2 fully saturated rings. The minimum absolute atomic E-state index is 0.275. The molecule has 0 radical (unpaired) electrons. The van der Waals surface area contributed by atoms with Crippen LogP contribution >= 0.6 is 0 Å². The summed E-state index contributed by atoms with van der Waals surface area (Å²) >= 11 is 0. The number of nitrogens with zero attached hydrogens (tertiary/aromatic N) is 6. The zero-order chi connectivity index (χ0) is 20.1. The van der Waals surface area contributed by atoms with Crippen molar-refractivity contribution < 1.29 is 4.79 Å². The van der Waals surface area contributed by atoms with Gasteiger partial charge in [-0.25, -0.2) is 4.98 Å². The van der Waals surface area contributed by atoms with Crippen LogP contribution in [0.15, 0.2) is 12.4 Å². The number of hydrogen-bond acceptors (Lipinski definition) is 5. The molecular weight excluding hydrogens is 352 g/mol.